The third-order valence-corrected chi connectivity index (χ3v) is 4.26. The molecule has 4 rings (SSSR count). The van der Waals surface area contributed by atoms with Crippen LogP contribution in [0.4, 0.5) is 0 Å². The number of hydrogen-bond donors (Lipinski definition) is 1. The topological polar surface area (TPSA) is 45.8 Å². The average molecular weight is 333 g/mol. The summed E-state index contributed by atoms with van der Waals surface area (Å²) in [6.45, 7) is 0. The van der Waals surface area contributed by atoms with Gasteiger partial charge in [-0.25, -0.2) is 4.98 Å². The second-order valence-corrected chi connectivity index (χ2v) is 5.96. The van der Waals surface area contributed by atoms with Gasteiger partial charge in [0.15, 0.2) is 0 Å². The molecule has 0 spiro atoms. The molecule has 4 aromatic rings. The summed E-state index contributed by atoms with van der Waals surface area (Å²) < 4.78 is 0. The smallest absolute Gasteiger partial charge is 0.259 e. The Balaban J connectivity index is 2.05. The van der Waals surface area contributed by atoms with Gasteiger partial charge in [0.25, 0.3) is 5.56 Å². The van der Waals surface area contributed by atoms with E-state index in [1.807, 2.05) is 66.7 Å². The number of hydrogen-bond acceptors (Lipinski definition) is 2. The molecule has 0 saturated heterocycles. The van der Waals surface area contributed by atoms with Crippen LogP contribution in [-0.2, 0) is 0 Å². The highest BCUT2D eigenvalue weighted by Gasteiger charge is 2.11. The maximum Gasteiger partial charge on any atom is 0.259 e. The molecule has 0 aliphatic carbocycles. The molecule has 0 saturated carbocycles. The van der Waals surface area contributed by atoms with Crippen LogP contribution in [0.1, 0.15) is 0 Å². The summed E-state index contributed by atoms with van der Waals surface area (Å²) in [4.78, 5) is 19.4. The fourth-order valence-corrected chi connectivity index (χ4v) is 2.98. The Bertz CT molecular complexity index is 1070. The first-order valence-corrected chi connectivity index (χ1v) is 7.93. The highest BCUT2D eigenvalue weighted by molar-refractivity contribution is 6.30. The molecule has 3 nitrogen and oxygen atoms in total. The summed E-state index contributed by atoms with van der Waals surface area (Å²) in [6.07, 6.45) is 1.44. The minimum absolute atomic E-state index is 0.137. The maximum absolute atomic E-state index is 12.4. The minimum Gasteiger partial charge on any atom is -0.313 e. The van der Waals surface area contributed by atoms with Crippen LogP contribution in [0, 0.1) is 0 Å². The quantitative estimate of drug-likeness (QED) is 0.567. The van der Waals surface area contributed by atoms with Crippen LogP contribution in [0.2, 0.25) is 5.02 Å². The van der Waals surface area contributed by atoms with Crippen LogP contribution in [0.3, 0.4) is 0 Å². The molecule has 0 unspecified atom stereocenters. The Kier molecular flexibility index (Phi) is 3.63. The van der Waals surface area contributed by atoms with Crippen molar-refractivity contribution in [2.24, 2.45) is 0 Å². The largest absolute Gasteiger partial charge is 0.313 e. The third kappa shape index (κ3) is 2.59. The zero-order valence-corrected chi connectivity index (χ0v) is 13.4. The monoisotopic (exact) mass is 332 g/mol. The Hall–Kier alpha value is -2.91. The van der Waals surface area contributed by atoms with Crippen LogP contribution in [-0.4, -0.2) is 9.97 Å². The van der Waals surface area contributed by atoms with Crippen LogP contribution in [0.5, 0.6) is 0 Å². The fraction of sp³-hybridized carbons (Fsp3) is 0. The van der Waals surface area contributed by atoms with E-state index in [9.17, 15) is 4.79 Å². The molecule has 1 N–H and O–H groups in total. The van der Waals surface area contributed by atoms with Crippen LogP contribution < -0.4 is 5.56 Å². The third-order valence-electron chi connectivity index (χ3n) is 4.01. The summed E-state index contributed by atoms with van der Waals surface area (Å²) in [5.41, 5.74) is 4.41. The Morgan fingerprint density at radius 3 is 2.33 bits per heavy atom. The molecular weight excluding hydrogens is 320 g/mol. The summed E-state index contributed by atoms with van der Waals surface area (Å²) in [7, 11) is 0. The minimum atomic E-state index is -0.137. The lowest BCUT2D eigenvalue weighted by molar-refractivity contribution is 1.17. The molecule has 24 heavy (non-hydrogen) atoms. The van der Waals surface area contributed by atoms with Crippen molar-refractivity contribution in [3.63, 3.8) is 0 Å². The van der Waals surface area contributed by atoms with Gasteiger partial charge in [0.1, 0.15) is 0 Å². The molecule has 0 fully saturated rings. The van der Waals surface area contributed by atoms with Crippen molar-refractivity contribution in [2.45, 2.75) is 0 Å². The van der Waals surface area contributed by atoms with Crippen molar-refractivity contribution in [3.8, 4) is 22.3 Å². The highest BCUT2D eigenvalue weighted by atomic mass is 35.5. The summed E-state index contributed by atoms with van der Waals surface area (Å²) in [6, 6.07) is 21.5. The van der Waals surface area contributed by atoms with E-state index < -0.39 is 0 Å². The van der Waals surface area contributed by atoms with Crippen molar-refractivity contribution in [1.82, 2.24) is 9.97 Å². The molecule has 0 amide bonds. The van der Waals surface area contributed by atoms with Crippen molar-refractivity contribution in [2.75, 3.05) is 0 Å². The van der Waals surface area contributed by atoms with Gasteiger partial charge in [0.2, 0.25) is 0 Å². The molecule has 1 aromatic heterocycles. The standard InChI is InChI=1S/C20H13ClN2O/c21-16-8-6-13(7-9-16)15-10-17(14-4-2-1-3-5-14)19-18(11-15)22-12-23-20(19)24/h1-12H,(H,22,23,24). The Labute approximate surface area is 143 Å². The van der Waals surface area contributed by atoms with Crippen LogP contribution in [0.25, 0.3) is 33.2 Å². The lowest BCUT2D eigenvalue weighted by Crippen LogP contribution is -2.07. The van der Waals surface area contributed by atoms with Crippen LogP contribution >= 0.6 is 11.6 Å². The number of aromatic nitrogens is 2. The molecule has 116 valence electrons. The van der Waals surface area contributed by atoms with E-state index in [4.69, 9.17) is 11.6 Å². The van der Waals surface area contributed by atoms with Gasteiger partial charge in [0, 0.05) is 5.02 Å². The SMILES string of the molecule is O=c1[nH]cnc2cc(-c3ccc(Cl)cc3)cc(-c3ccccc3)c12. The zero-order valence-electron chi connectivity index (χ0n) is 12.7. The number of aromatic amines is 1. The second-order valence-electron chi connectivity index (χ2n) is 5.52. The van der Waals surface area contributed by atoms with Crippen molar-refractivity contribution in [3.05, 3.63) is 88.4 Å². The molecule has 4 heteroatoms. The number of fused-ring (bicyclic) bond motifs is 1. The van der Waals surface area contributed by atoms with Gasteiger partial charge in [-0.2, -0.15) is 0 Å². The Morgan fingerprint density at radius 2 is 1.58 bits per heavy atom. The zero-order chi connectivity index (χ0) is 16.5. The van der Waals surface area contributed by atoms with Crippen molar-refractivity contribution >= 4 is 22.5 Å². The van der Waals surface area contributed by atoms with Gasteiger partial charge in [-0.15, -0.1) is 0 Å². The predicted molar refractivity (Wildman–Crippen MR) is 98.2 cm³/mol. The molecule has 0 radical (unpaired) electrons. The Morgan fingerprint density at radius 1 is 0.833 bits per heavy atom. The van der Waals surface area contributed by atoms with Crippen molar-refractivity contribution in [1.29, 1.82) is 0 Å². The lowest BCUT2D eigenvalue weighted by Gasteiger charge is -2.10. The average Bonchev–Trinajstić information content (AvgIpc) is 2.62. The summed E-state index contributed by atoms with van der Waals surface area (Å²) in [5.74, 6) is 0. The van der Waals surface area contributed by atoms with Crippen molar-refractivity contribution < 1.29 is 0 Å². The molecule has 0 aliphatic rings. The number of halogens is 1. The molecule has 0 atom stereocenters. The first-order chi connectivity index (χ1) is 11.7. The van der Waals surface area contributed by atoms with E-state index in [-0.39, 0.29) is 5.56 Å². The van der Waals surface area contributed by atoms with E-state index in [0.717, 1.165) is 22.3 Å². The van der Waals surface area contributed by atoms with E-state index in [1.165, 1.54) is 6.33 Å². The van der Waals surface area contributed by atoms with Gasteiger partial charge in [-0.1, -0.05) is 54.1 Å². The maximum atomic E-state index is 12.4. The second kappa shape index (κ2) is 5.95. The number of H-pyrrole nitrogens is 1. The van der Waals surface area contributed by atoms with E-state index >= 15 is 0 Å². The first-order valence-electron chi connectivity index (χ1n) is 7.55. The summed E-state index contributed by atoms with van der Waals surface area (Å²) >= 11 is 5.98. The predicted octanol–water partition coefficient (Wildman–Crippen LogP) is 4.91. The molecule has 0 bridgehead atoms. The van der Waals surface area contributed by atoms with Crippen LogP contribution in [0.15, 0.2) is 77.9 Å². The van der Waals surface area contributed by atoms with Gasteiger partial charge in [0.05, 0.1) is 17.2 Å². The van der Waals surface area contributed by atoms with Gasteiger partial charge in [-0.3, -0.25) is 4.79 Å². The number of rotatable bonds is 2. The van der Waals surface area contributed by atoms with E-state index in [1.54, 1.807) is 0 Å². The number of nitrogens with zero attached hydrogens (tertiary/aromatic N) is 1. The highest BCUT2D eigenvalue weighted by Crippen LogP contribution is 2.32. The lowest BCUT2D eigenvalue weighted by atomic mass is 9.95. The first kappa shape index (κ1) is 14.7. The molecular formula is C20H13ClN2O. The fourth-order valence-electron chi connectivity index (χ4n) is 2.85. The normalized spacial score (nSPS) is 10.9. The number of benzene rings is 3. The molecule has 3 aromatic carbocycles. The van der Waals surface area contributed by atoms with E-state index in [2.05, 4.69) is 9.97 Å². The van der Waals surface area contributed by atoms with Gasteiger partial charge >= 0.3 is 0 Å². The van der Waals surface area contributed by atoms with Gasteiger partial charge in [-0.05, 0) is 46.5 Å². The summed E-state index contributed by atoms with van der Waals surface area (Å²) in [5, 5.41) is 1.29. The molecule has 0 aliphatic heterocycles. The van der Waals surface area contributed by atoms with Gasteiger partial charge < -0.3 is 4.98 Å². The van der Waals surface area contributed by atoms with E-state index in [0.29, 0.717) is 15.9 Å². The molecule has 1 heterocycles. The number of nitrogens with one attached hydrogen (secondary N) is 1.